The first kappa shape index (κ1) is 66.2. The van der Waals surface area contributed by atoms with Gasteiger partial charge in [0.25, 0.3) is 0 Å². The summed E-state index contributed by atoms with van der Waals surface area (Å²) >= 11 is 0. The molecule has 0 saturated heterocycles. The fourth-order valence-corrected chi connectivity index (χ4v) is 9.01. The van der Waals surface area contributed by atoms with Crippen LogP contribution < -0.4 is 0 Å². The van der Waals surface area contributed by atoms with E-state index in [9.17, 15) is 19.0 Å². The van der Waals surface area contributed by atoms with Crippen molar-refractivity contribution in [3.8, 4) is 0 Å². The van der Waals surface area contributed by atoms with Crippen LogP contribution in [0.1, 0.15) is 271 Å². The number of ether oxygens (including phenoxy) is 2. The van der Waals surface area contributed by atoms with Crippen molar-refractivity contribution in [1.82, 2.24) is 0 Å². The Morgan fingerprint density at radius 1 is 0.471 bits per heavy atom. The lowest BCUT2D eigenvalue weighted by Crippen LogP contribution is -2.37. The summed E-state index contributed by atoms with van der Waals surface area (Å²) in [5, 5.41) is 0. The van der Waals surface area contributed by atoms with Crippen LogP contribution in [0.5, 0.6) is 0 Å². The van der Waals surface area contributed by atoms with E-state index in [0.717, 1.165) is 64.2 Å². The molecule has 0 heterocycles. The van der Waals surface area contributed by atoms with Crippen LogP contribution in [-0.2, 0) is 32.7 Å². The first-order chi connectivity index (χ1) is 33.0. The summed E-state index contributed by atoms with van der Waals surface area (Å²) in [5.41, 5.74) is 0. The van der Waals surface area contributed by atoms with Crippen LogP contribution in [0.3, 0.4) is 0 Å². The summed E-state index contributed by atoms with van der Waals surface area (Å²) in [5.74, 6) is -0.797. The second-order valence-corrected chi connectivity index (χ2v) is 22.1. The molecule has 0 aromatic carbocycles. The molecule has 2 unspecified atom stereocenters. The highest BCUT2D eigenvalue weighted by atomic mass is 31.2. The smallest absolute Gasteiger partial charge is 0.462 e. The molecule has 0 rings (SSSR count). The number of nitrogens with zero attached hydrogens (tertiary/aromatic N) is 1. The minimum atomic E-state index is -4.38. The van der Waals surface area contributed by atoms with Crippen molar-refractivity contribution in [2.45, 2.75) is 277 Å². The topological polar surface area (TPSA) is 108 Å². The van der Waals surface area contributed by atoms with E-state index in [0.29, 0.717) is 23.9 Å². The third kappa shape index (κ3) is 53.6. The van der Waals surface area contributed by atoms with Gasteiger partial charge < -0.3 is 18.9 Å². The monoisotopic (exact) mass is 981 g/mol. The van der Waals surface area contributed by atoms with Gasteiger partial charge in [0.2, 0.25) is 0 Å². The van der Waals surface area contributed by atoms with E-state index in [-0.39, 0.29) is 25.6 Å². The van der Waals surface area contributed by atoms with Crippen LogP contribution in [0.4, 0.5) is 0 Å². The largest absolute Gasteiger partial charge is 0.472 e. The Morgan fingerprint density at radius 2 is 0.838 bits per heavy atom. The summed E-state index contributed by atoms with van der Waals surface area (Å²) in [6.07, 6.45) is 60.8. The number of carbonyl (C=O) groups is 2. The fourth-order valence-electron chi connectivity index (χ4n) is 8.27. The van der Waals surface area contributed by atoms with Crippen LogP contribution in [0, 0.1) is 0 Å². The molecule has 1 N–H and O–H groups in total. The van der Waals surface area contributed by atoms with Gasteiger partial charge in [-0.1, -0.05) is 249 Å². The van der Waals surface area contributed by atoms with Gasteiger partial charge in [-0.2, -0.15) is 0 Å². The van der Waals surface area contributed by atoms with E-state index in [1.807, 2.05) is 21.1 Å². The molecular formula is C58H111NO8P+. The van der Waals surface area contributed by atoms with Crippen molar-refractivity contribution in [1.29, 1.82) is 0 Å². The predicted molar refractivity (Wildman–Crippen MR) is 289 cm³/mol. The molecule has 9 nitrogen and oxygen atoms in total. The second-order valence-electron chi connectivity index (χ2n) is 20.7. The molecule has 0 amide bonds. The Bertz CT molecular complexity index is 1250. The maximum atomic E-state index is 12.8. The molecular weight excluding hydrogens is 870 g/mol. The maximum absolute atomic E-state index is 12.8. The number of carbonyl (C=O) groups excluding carboxylic acids is 2. The zero-order valence-corrected chi connectivity index (χ0v) is 46.2. The average molecular weight is 981 g/mol. The SMILES string of the molecule is CC/C=C\C/C=C\C/C=C\CCCCCCCCCC(=O)OC(COC(=O)CCCCCCCCCCCCCCCCCCCCCCCCCCCCC)COP(=O)(O)OCC[N+](C)(C)C. The Kier molecular flexibility index (Phi) is 48.9. The quantitative estimate of drug-likeness (QED) is 0.0211. The van der Waals surface area contributed by atoms with Gasteiger partial charge in [0, 0.05) is 12.8 Å². The van der Waals surface area contributed by atoms with E-state index in [2.05, 4.69) is 50.3 Å². The summed E-state index contributed by atoms with van der Waals surface area (Å²) in [6, 6.07) is 0. The van der Waals surface area contributed by atoms with Gasteiger partial charge in [0.15, 0.2) is 6.10 Å². The molecule has 0 bridgehead atoms. The van der Waals surface area contributed by atoms with E-state index in [1.54, 1.807) is 0 Å². The molecule has 0 aliphatic rings. The third-order valence-electron chi connectivity index (χ3n) is 12.7. The fraction of sp³-hybridized carbons (Fsp3) is 0.862. The second kappa shape index (κ2) is 50.2. The van der Waals surface area contributed by atoms with E-state index < -0.39 is 26.5 Å². The van der Waals surface area contributed by atoms with Crippen molar-refractivity contribution in [3.63, 3.8) is 0 Å². The molecule has 0 aromatic rings. The number of likely N-dealkylation sites (N-methyl/N-ethyl adjacent to an activating group) is 1. The van der Waals surface area contributed by atoms with Crippen molar-refractivity contribution < 1.29 is 42.1 Å². The molecule has 0 fully saturated rings. The number of esters is 2. The number of hydrogen-bond donors (Lipinski definition) is 1. The Labute approximate surface area is 421 Å². The zero-order chi connectivity index (χ0) is 49.9. The molecule has 10 heteroatoms. The summed E-state index contributed by atoms with van der Waals surface area (Å²) in [6.45, 7) is 4.35. The first-order valence-corrected chi connectivity index (χ1v) is 30.2. The first-order valence-electron chi connectivity index (χ1n) is 28.7. The number of allylic oxidation sites excluding steroid dienone is 6. The van der Waals surface area contributed by atoms with Gasteiger partial charge in [-0.05, 0) is 44.9 Å². The molecule has 0 spiro atoms. The van der Waals surface area contributed by atoms with Gasteiger partial charge in [-0.15, -0.1) is 0 Å². The molecule has 400 valence electrons. The van der Waals surface area contributed by atoms with Gasteiger partial charge in [-0.25, -0.2) is 4.57 Å². The molecule has 2 atom stereocenters. The molecule has 0 saturated carbocycles. The van der Waals surface area contributed by atoms with E-state index in [1.165, 1.54) is 173 Å². The number of phosphoric ester groups is 1. The predicted octanol–water partition coefficient (Wildman–Crippen LogP) is 17.6. The molecule has 0 aliphatic carbocycles. The number of unbranched alkanes of at least 4 members (excludes halogenated alkanes) is 33. The highest BCUT2D eigenvalue weighted by Gasteiger charge is 2.27. The van der Waals surface area contributed by atoms with Gasteiger partial charge in [-0.3, -0.25) is 18.6 Å². The van der Waals surface area contributed by atoms with Crippen LogP contribution in [0.2, 0.25) is 0 Å². The van der Waals surface area contributed by atoms with Gasteiger partial charge in [0.05, 0.1) is 27.7 Å². The summed E-state index contributed by atoms with van der Waals surface area (Å²) in [7, 11) is 1.48. The average Bonchev–Trinajstić information content (AvgIpc) is 3.30. The molecule has 0 aliphatic heterocycles. The standard InChI is InChI=1S/C58H110NO8P/c1-6-8-10-12-14-16-18-20-22-24-25-26-27-28-29-30-31-32-33-35-36-38-40-42-44-46-48-50-57(60)64-54-56(55-66-68(62,63)65-53-52-59(3,4)5)67-58(61)51-49-47-45-43-41-39-37-34-23-21-19-17-15-13-11-9-7-2/h9,11,15,17,21,23,56H,6-8,10,12-14,16,18-20,22,24-55H2,1-5H3/p+1/b11-9-,17-15-,23-21-. The van der Waals surface area contributed by atoms with Crippen molar-refractivity contribution in [2.75, 3.05) is 47.5 Å². The lowest BCUT2D eigenvalue weighted by atomic mass is 10.0. The van der Waals surface area contributed by atoms with E-state index in [4.69, 9.17) is 18.5 Å². The number of quaternary nitrogens is 1. The lowest BCUT2D eigenvalue weighted by Gasteiger charge is -2.24. The Balaban J connectivity index is 4.09. The van der Waals surface area contributed by atoms with Crippen LogP contribution in [0.15, 0.2) is 36.5 Å². The molecule has 68 heavy (non-hydrogen) atoms. The number of rotatable bonds is 53. The minimum absolute atomic E-state index is 0.0306. The van der Waals surface area contributed by atoms with E-state index >= 15 is 0 Å². The summed E-state index contributed by atoms with van der Waals surface area (Å²) < 4.78 is 34.5. The molecule has 0 radical (unpaired) electrons. The third-order valence-corrected chi connectivity index (χ3v) is 13.7. The van der Waals surface area contributed by atoms with Crippen LogP contribution in [-0.4, -0.2) is 74.9 Å². The Morgan fingerprint density at radius 3 is 1.25 bits per heavy atom. The highest BCUT2D eigenvalue weighted by Crippen LogP contribution is 2.43. The minimum Gasteiger partial charge on any atom is -0.462 e. The van der Waals surface area contributed by atoms with Crippen LogP contribution >= 0.6 is 7.82 Å². The number of phosphoric acid groups is 1. The zero-order valence-electron chi connectivity index (χ0n) is 45.4. The highest BCUT2D eigenvalue weighted by molar-refractivity contribution is 7.47. The van der Waals surface area contributed by atoms with Gasteiger partial charge >= 0.3 is 19.8 Å². The summed E-state index contributed by atoms with van der Waals surface area (Å²) in [4.78, 5) is 35.6. The van der Waals surface area contributed by atoms with Crippen molar-refractivity contribution >= 4 is 19.8 Å². The van der Waals surface area contributed by atoms with Crippen molar-refractivity contribution in [2.24, 2.45) is 0 Å². The van der Waals surface area contributed by atoms with Gasteiger partial charge in [0.1, 0.15) is 19.8 Å². The number of hydrogen-bond acceptors (Lipinski definition) is 7. The normalized spacial score (nSPS) is 13.6. The van der Waals surface area contributed by atoms with Crippen LogP contribution in [0.25, 0.3) is 0 Å². The molecule has 0 aromatic heterocycles. The Hall–Kier alpha value is -1.77. The lowest BCUT2D eigenvalue weighted by molar-refractivity contribution is -0.870. The maximum Gasteiger partial charge on any atom is 0.472 e. The van der Waals surface area contributed by atoms with Crippen molar-refractivity contribution in [3.05, 3.63) is 36.5 Å².